The first-order valence-electron chi connectivity index (χ1n) is 9.00. The number of carboxylic acid groups (broad SMARTS) is 1. The van der Waals surface area contributed by atoms with Gasteiger partial charge in [-0.15, -0.1) is 0 Å². The Labute approximate surface area is 139 Å². The molecule has 2 aliphatic rings. The lowest BCUT2D eigenvalue weighted by molar-refractivity contribution is -0.149. The van der Waals surface area contributed by atoms with Crippen molar-refractivity contribution in [2.24, 2.45) is 23.7 Å². The number of piperidine rings is 1. The van der Waals surface area contributed by atoms with Gasteiger partial charge in [0.25, 0.3) is 0 Å². The number of hydrogen-bond donors (Lipinski definition) is 1. The summed E-state index contributed by atoms with van der Waals surface area (Å²) in [7, 11) is 0. The molecule has 0 aromatic heterocycles. The van der Waals surface area contributed by atoms with Gasteiger partial charge in [-0.1, -0.05) is 27.2 Å². The Morgan fingerprint density at radius 1 is 1.26 bits per heavy atom. The van der Waals surface area contributed by atoms with Gasteiger partial charge in [0.2, 0.25) is 5.91 Å². The SMILES string of the molecule is CC1CCC(C(C)C)C(OCC(=O)N2CCC[C@H](C(=O)O)C2)C1. The van der Waals surface area contributed by atoms with Crippen LogP contribution in [0.3, 0.4) is 0 Å². The highest BCUT2D eigenvalue weighted by Gasteiger charge is 2.33. The smallest absolute Gasteiger partial charge is 0.308 e. The molecule has 0 aromatic rings. The number of nitrogens with zero attached hydrogens (tertiary/aromatic N) is 1. The normalized spacial score (nSPS) is 32.1. The highest BCUT2D eigenvalue weighted by atomic mass is 16.5. The van der Waals surface area contributed by atoms with Gasteiger partial charge in [0.05, 0.1) is 12.0 Å². The van der Waals surface area contributed by atoms with Crippen molar-refractivity contribution < 1.29 is 19.4 Å². The fourth-order valence-corrected chi connectivity index (χ4v) is 3.98. The lowest BCUT2D eigenvalue weighted by Crippen LogP contribution is -2.45. The fourth-order valence-electron chi connectivity index (χ4n) is 3.98. The van der Waals surface area contributed by atoms with Crippen LogP contribution in [0.1, 0.15) is 52.9 Å². The summed E-state index contributed by atoms with van der Waals surface area (Å²) in [6.07, 6.45) is 5.01. The van der Waals surface area contributed by atoms with E-state index in [4.69, 9.17) is 9.84 Å². The topological polar surface area (TPSA) is 66.8 Å². The second-order valence-corrected chi connectivity index (χ2v) is 7.69. The van der Waals surface area contributed by atoms with E-state index in [1.807, 2.05) is 0 Å². The molecular weight excluding hydrogens is 294 g/mol. The van der Waals surface area contributed by atoms with Crippen LogP contribution in [0.25, 0.3) is 0 Å². The largest absolute Gasteiger partial charge is 0.481 e. The number of carboxylic acids is 1. The zero-order valence-electron chi connectivity index (χ0n) is 14.7. The van der Waals surface area contributed by atoms with Gasteiger partial charge in [-0.3, -0.25) is 9.59 Å². The molecule has 1 heterocycles. The lowest BCUT2D eigenvalue weighted by Gasteiger charge is -2.37. The average Bonchev–Trinajstić information content (AvgIpc) is 2.52. The molecule has 23 heavy (non-hydrogen) atoms. The maximum absolute atomic E-state index is 12.4. The van der Waals surface area contributed by atoms with Crippen LogP contribution in [0.2, 0.25) is 0 Å². The molecule has 132 valence electrons. The molecule has 0 spiro atoms. The zero-order chi connectivity index (χ0) is 17.0. The predicted octanol–water partition coefficient (Wildman–Crippen LogP) is 2.79. The van der Waals surface area contributed by atoms with Crippen molar-refractivity contribution in [3.63, 3.8) is 0 Å². The first-order valence-corrected chi connectivity index (χ1v) is 9.00. The van der Waals surface area contributed by atoms with Gasteiger partial charge in [-0.2, -0.15) is 0 Å². The fraction of sp³-hybridized carbons (Fsp3) is 0.889. The molecule has 0 bridgehead atoms. The Balaban J connectivity index is 1.86. The van der Waals surface area contributed by atoms with E-state index in [2.05, 4.69) is 20.8 Å². The van der Waals surface area contributed by atoms with Crippen molar-refractivity contribution >= 4 is 11.9 Å². The maximum Gasteiger partial charge on any atom is 0.308 e. The summed E-state index contributed by atoms with van der Waals surface area (Å²) in [6.45, 7) is 7.76. The minimum atomic E-state index is -0.801. The quantitative estimate of drug-likeness (QED) is 0.844. The predicted molar refractivity (Wildman–Crippen MR) is 88.0 cm³/mol. The van der Waals surface area contributed by atoms with Crippen LogP contribution in [0, 0.1) is 23.7 Å². The molecule has 1 saturated heterocycles. The molecule has 1 aliphatic heterocycles. The van der Waals surface area contributed by atoms with Crippen LogP contribution in [-0.4, -0.2) is 47.7 Å². The Kier molecular flexibility index (Phi) is 6.45. The standard InChI is InChI=1S/C18H31NO4/c1-12(2)15-7-6-13(3)9-16(15)23-11-17(20)19-8-4-5-14(10-19)18(21)22/h12-16H,4-11H2,1-3H3,(H,21,22)/t13?,14-,15?,16?/m0/s1. The monoisotopic (exact) mass is 325 g/mol. The minimum Gasteiger partial charge on any atom is -0.481 e. The van der Waals surface area contributed by atoms with Crippen molar-refractivity contribution in [2.75, 3.05) is 19.7 Å². The van der Waals surface area contributed by atoms with Crippen LogP contribution in [-0.2, 0) is 14.3 Å². The zero-order valence-corrected chi connectivity index (χ0v) is 14.7. The third kappa shape index (κ3) is 4.93. The second-order valence-electron chi connectivity index (χ2n) is 7.69. The highest BCUT2D eigenvalue weighted by molar-refractivity contribution is 5.79. The molecular formula is C18H31NO4. The van der Waals surface area contributed by atoms with Gasteiger partial charge in [0.15, 0.2) is 0 Å². The summed E-state index contributed by atoms with van der Waals surface area (Å²) >= 11 is 0. The number of rotatable bonds is 5. The number of hydrogen-bond acceptors (Lipinski definition) is 3. The van der Waals surface area contributed by atoms with Crippen molar-refractivity contribution in [3.05, 3.63) is 0 Å². The van der Waals surface area contributed by atoms with Crippen LogP contribution < -0.4 is 0 Å². The van der Waals surface area contributed by atoms with Crippen molar-refractivity contribution in [1.82, 2.24) is 4.90 Å². The number of carbonyl (C=O) groups is 2. The molecule has 4 atom stereocenters. The first kappa shape index (κ1) is 18.2. The second kappa shape index (κ2) is 8.13. The highest BCUT2D eigenvalue weighted by Crippen LogP contribution is 2.35. The van der Waals surface area contributed by atoms with Crippen LogP contribution in [0.5, 0.6) is 0 Å². The van der Waals surface area contributed by atoms with E-state index >= 15 is 0 Å². The third-order valence-electron chi connectivity index (χ3n) is 5.51. The molecule has 5 nitrogen and oxygen atoms in total. The molecule has 3 unspecified atom stereocenters. The summed E-state index contributed by atoms with van der Waals surface area (Å²) in [5.74, 6) is 0.449. The maximum atomic E-state index is 12.4. The van der Waals surface area contributed by atoms with E-state index < -0.39 is 11.9 Å². The molecule has 1 N–H and O–H groups in total. The van der Waals surface area contributed by atoms with E-state index in [0.29, 0.717) is 37.3 Å². The molecule has 1 saturated carbocycles. The average molecular weight is 325 g/mol. The van der Waals surface area contributed by atoms with Gasteiger partial charge in [0.1, 0.15) is 6.61 Å². The Hall–Kier alpha value is -1.10. The summed E-state index contributed by atoms with van der Waals surface area (Å²) in [4.78, 5) is 25.2. The van der Waals surface area contributed by atoms with Gasteiger partial charge < -0.3 is 14.7 Å². The van der Waals surface area contributed by atoms with Crippen LogP contribution in [0.4, 0.5) is 0 Å². The Morgan fingerprint density at radius 2 is 2.00 bits per heavy atom. The Morgan fingerprint density at radius 3 is 2.65 bits per heavy atom. The van der Waals surface area contributed by atoms with E-state index in [-0.39, 0.29) is 18.6 Å². The van der Waals surface area contributed by atoms with Gasteiger partial charge in [0, 0.05) is 13.1 Å². The molecule has 0 radical (unpaired) electrons. The number of aliphatic carboxylic acids is 1. The van der Waals surface area contributed by atoms with Crippen molar-refractivity contribution in [2.45, 2.75) is 59.0 Å². The summed E-state index contributed by atoms with van der Waals surface area (Å²) < 4.78 is 6.00. The third-order valence-corrected chi connectivity index (χ3v) is 5.51. The number of carbonyl (C=O) groups excluding carboxylic acids is 1. The molecule has 2 fully saturated rings. The van der Waals surface area contributed by atoms with Gasteiger partial charge in [-0.05, 0) is 43.4 Å². The van der Waals surface area contributed by atoms with Crippen molar-refractivity contribution in [3.8, 4) is 0 Å². The molecule has 0 aromatic carbocycles. The molecule has 5 heteroatoms. The minimum absolute atomic E-state index is 0.0586. The van der Waals surface area contributed by atoms with Crippen LogP contribution in [0.15, 0.2) is 0 Å². The lowest BCUT2D eigenvalue weighted by atomic mass is 9.75. The summed E-state index contributed by atoms with van der Waals surface area (Å²) in [6, 6.07) is 0. The first-order chi connectivity index (χ1) is 10.9. The number of amides is 1. The van der Waals surface area contributed by atoms with E-state index in [1.54, 1.807) is 4.90 Å². The number of ether oxygens (including phenoxy) is 1. The number of likely N-dealkylation sites (tertiary alicyclic amines) is 1. The van der Waals surface area contributed by atoms with E-state index in [9.17, 15) is 9.59 Å². The molecule has 2 rings (SSSR count). The van der Waals surface area contributed by atoms with Gasteiger partial charge in [-0.25, -0.2) is 0 Å². The molecule has 1 aliphatic carbocycles. The van der Waals surface area contributed by atoms with E-state index in [1.165, 1.54) is 12.8 Å². The van der Waals surface area contributed by atoms with Gasteiger partial charge >= 0.3 is 5.97 Å². The van der Waals surface area contributed by atoms with Crippen LogP contribution >= 0.6 is 0 Å². The summed E-state index contributed by atoms with van der Waals surface area (Å²) in [5.41, 5.74) is 0. The van der Waals surface area contributed by atoms with Crippen molar-refractivity contribution in [1.29, 1.82) is 0 Å². The Bertz CT molecular complexity index is 423. The molecule has 1 amide bonds. The van der Waals surface area contributed by atoms with E-state index in [0.717, 1.165) is 12.8 Å². The summed E-state index contributed by atoms with van der Waals surface area (Å²) in [5, 5.41) is 9.13.